The third-order valence-electron chi connectivity index (χ3n) is 4.46. The molecule has 1 aliphatic heterocycles. The first-order valence-electron chi connectivity index (χ1n) is 8.28. The molecule has 0 aliphatic carbocycles. The second kappa shape index (κ2) is 7.41. The summed E-state index contributed by atoms with van der Waals surface area (Å²) in [4.78, 5) is 4.73. The lowest BCUT2D eigenvalue weighted by Crippen LogP contribution is -2.39. The van der Waals surface area contributed by atoms with E-state index in [0.29, 0.717) is 18.0 Å². The summed E-state index contributed by atoms with van der Waals surface area (Å²) in [6.07, 6.45) is 2.25. The number of aromatic nitrogens is 1. The lowest BCUT2D eigenvalue weighted by atomic mass is 10.1. The smallest absolute Gasteiger partial charge is 0.256 e. The Balaban J connectivity index is 1.87. The van der Waals surface area contributed by atoms with Crippen LogP contribution in [0.1, 0.15) is 35.8 Å². The highest BCUT2D eigenvalue weighted by atomic mass is 35.5. The van der Waals surface area contributed by atoms with Crippen LogP contribution in [0.15, 0.2) is 42.5 Å². The monoisotopic (exact) mass is 379 g/mol. The van der Waals surface area contributed by atoms with Crippen molar-refractivity contribution in [3.63, 3.8) is 0 Å². The van der Waals surface area contributed by atoms with Crippen molar-refractivity contribution in [3.05, 3.63) is 64.4 Å². The van der Waals surface area contributed by atoms with Gasteiger partial charge in [-0.05, 0) is 36.6 Å². The molecule has 1 saturated heterocycles. The van der Waals surface area contributed by atoms with Crippen LogP contribution in [0.4, 0.5) is 0 Å². The maximum Gasteiger partial charge on any atom is 0.282 e. The second-order valence-corrected chi connectivity index (χ2v) is 8.88. The number of rotatable bonds is 5. The van der Waals surface area contributed by atoms with Crippen molar-refractivity contribution in [2.24, 2.45) is 0 Å². The van der Waals surface area contributed by atoms with Gasteiger partial charge in [0.2, 0.25) is 0 Å². The van der Waals surface area contributed by atoms with Gasteiger partial charge in [0.15, 0.2) is 0 Å². The molecule has 7 heteroatoms. The molecule has 25 heavy (non-hydrogen) atoms. The average molecular weight is 380 g/mol. The molecule has 1 aliphatic rings. The van der Waals surface area contributed by atoms with E-state index in [4.69, 9.17) is 16.6 Å². The van der Waals surface area contributed by atoms with Crippen LogP contribution in [0.25, 0.3) is 0 Å². The molecular weight excluding hydrogens is 358 g/mol. The summed E-state index contributed by atoms with van der Waals surface area (Å²) < 4.78 is 27.9. The van der Waals surface area contributed by atoms with Crippen LogP contribution >= 0.6 is 11.6 Å². The van der Waals surface area contributed by atoms with E-state index >= 15 is 0 Å². The molecule has 0 amide bonds. The topological polar surface area (TPSA) is 53.5 Å². The average Bonchev–Trinajstić information content (AvgIpc) is 3.07. The van der Waals surface area contributed by atoms with Crippen molar-refractivity contribution in [3.8, 4) is 0 Å². The molecule has 1 atom stereocenters. The molecule has 0 spiro atoms. The number of pyridine rings is 1. The molecule has 2 aromatic rings. The van der Waals surface area contributed by atoms with Crippen molar-refractivity contribution >= 4 is 21.8 Å². The lowest BCUT2D eigenvalue weighted by Gasteiger charge is -2.26. The Labute approximate surface area is 154 Å². The van der Waals surface area contributed by atoms with Crippen molar-refractivity contribution in [2.45, 2.75) is 25.3 Å². The van der Waals surface area contributed by atoms with E-state index in [2.05, 4.69) is 0 Å². The Morgan fingerprint density at radius 2 is 1.96 bits per heavy atom. The van der Waals surface area contributed by atoms with Gasteiger partial charge in [-0.2, -0.15) is 17.0 Å². The summed E-state index contributed by atoms with van der Waals surface area (Å²) in [6.45, 7) is 0.529. The lowest BCUT2D eigenvalue weighted by molar-refractivity contribution is 0.357. The Morgan fingerprint density at radius 1 is 1.20 bits per heavy atom. The fourth-order valence-electron chi connectivity index (χ4n) is 3.14. The Hall–Kier alpha value is -1.47. The summed E-state index contributed by atoms with van der Waals surface area (Å²) in [5.41, 5.74) is 2.70. The summed E-state index contributed by atoms with van der Waals surface area (Å²) >= 11 is 6.24. The number of nitrogens with zero attached hydrogens (tertiary/aromatic N) is 3. The van der Waals surface area contributed by atoms with Gasteiger partial charge in [0.1, 0.15) is 0 Å². The van der Waals surface area contributed by atoms with Crippen LogP contribution in [-0.2, 0) is 16.6 Å². The zero-order chi connectivity index (χ0) is 18.0. The van der Waals surface area contributed by atoms with Crippen molar-refractivity contribution in [1.29, 1.82) is 0 Å². The fraction of sp³-hybridized carbons (Fsp3) is 0.389. The highest BCUT2D eigenvalue weighted by Crippen LogP contribution is 2.34. The molecule has 2 heterocycles. The Bertz CT molecular complexity index is 855. The first kappa shape index (κ1) is 18.3. The fourth-order valence-corrected chi connectivity index (χ4v) is 4.66. The molecular formula is C18H22ClN3O2S. The van der Waals surface area contributed by atoms with Crippen molar-refractivity contribution in [1.82, 2.24) is 13.6 Å². The molecule has 1 fully saturated rings. The van der Waals surface area contributed by atoms with Crippen LogP contribution in [0.5, 0.6) is 0 Å². The zero-order valence-electron chi connectivity index (χ0n) is 14.4. The van der Waals surface area contributed by atoms with Gasteiger partial charge in [-0.25, -0.2) is 0 Å². The minimum absolute atomic E-state index is 0.210. The van der Waals surface area contributed by atoms with Crippen LogP contribution in [0, 0.1) is 0 Å². The molecule has 1 unspecified atom stereocenters. The van der Waals surface area contributed by atoms with Crippen molar-refractivity contribution in [2.75, 3.05) is 20.6 Å². The first-order chi connectivity index (χ1) is 11.9. The van der Waals surface area contributed by atoms with Crippen LogP contribution < -0.4 is 0 Å². The van der Waals surface area contributed by atoms with E-state index in [-0.39, 0.29) is 6.04 Å². The summed E-state index contributed by atoms with van der Waals surface area (Å²) in [6, 6.07) is 13.3. The predicted molar refractivity (Wildman–Crippen MR) is 99.8 cm³/mol. The highest BCUT2D eigenvalue weighted by Gasteiger charge is 2.37. The van der Waals surface area contributed by atoms with E-state index in [9.17, 15) is 8.42 Å². The van der Waals surface area contributed by atoms with E-state index in [0.717, 1.165) is 29.8 Å². The standard InChI is InChI=1S/C18H22ClN3O2S/c1-21(2)25(23,24)22-12-6-11-18(22)17-10-5-8-15(20-17)13-14-7-3-4-9-16(14)19/h3-5,7-10,18H,6,11-13H2,1-2H3. The quantitative estimate of drug-likeness (QED) is 0.801. The molecule has 0 radical (unpaired) electrons. The first-order valence-corrected chi connectivity index (χ1v) is 10.1. The van der Waals surface area contributed by atoms with Gasteiger partial charge < -0.3 is 0 Å². The summed E-state index contributed by atoms with van der Waals surface area (Å²) in [7, 11) is -0.324. The Kier molecular flexibility index (Phi) is 5.43. The molecule has 134 valence electrons. The molecule has 5 nitrogen and oxygen atoms in total. The van der Waals surface area contributed by atoms with Crippen LogP contribution in [0.2, 0.25) is 5.02 Å². The van der Waals surface area contributed by atoms with Gasteiger partial charge >= 0.3 is 0 Å². The minimum Gasteiger partial charge on any atom is -0.256 e. The Morgan fingerprint density at radius 3 is 2.68 bits per heavy atom. The predicted octanol–water partition coefficient (Wildman–Crippen LogP) is 3.27. The number of halogens is 1. The second-order valence-electron chi connectivity index (χ2n) is 6.38. The van der Waals surface area contributed by atoms with Gasteiger partial charge in [-0.15, -0.1) is 0 Å². The van der Waals surface area contributed by atoms with E-state index in [1.807, 2.05) is 42.5 Å². The van der Waals surface area contributed by atoms with E-state index in [1.165, 1.54) is 4.31 Å². The van der Waals surface area contributed by atoms with Gasteiger partial charge in [-0.1, -0.05) is 35.9 Å². The maximum atomic E-state index is 12.5. The van der Waals surface area contributed by atoms with Crippen LogP contribution in [-0.4, -0.2) is 42.7 Å². The maximum absolute atomic E-state index is 12.5. The third kappa shape index (κ3) is 3.87. The van der Waals surface area contributed by atoms with Gasteiger partial charge in [-0.3, -0.25) is 4.98 Å². The van der Waals surface area contributed by atoms with Gasteiger partial charge in [0.25, 0.3) is 10.2 Å². The SMILES string of the molecule is CN(C)S(=O)(=O)N1CCCC1c1cccc(Cc2ccccc2Cl)n1. The number of hydrogen-bond acceptors (Lipinski definition) is 3. The molecule has 0 N–H and O–H groups in total. The minimum atomic E-state index is -3.45. The van der Waals surface area contributed by atoms with Crippen LogP contribution in [0.3, 0.4) is 0 Å². The number of hydrogen-bond donors (Lipinski definition) is 0. The van der Waals surface area contributed by atoms with Gasteiger partial charge in [0, 0.05) is 37.8 Å². The van der Waals surface area contributed by atoms with Gasteiger partial charge in [0.05, 0.1) is 11.7 Å². The molecule has 3 rings (SSSR count). The van der Waals surface area contributed by atoms with Crippen molar-refractivity contribution < 1.29 is 8.42 Å². The van der Waals surface area contributed by atoms with E-state index < -0.39 is 10.2 Å². The summed E-state index contributed by atoms with van der Waals surface area (Å²) in [5, 5.41) is 0.715. The van der Waals surface area contributed by atoms with E-state index in [1.54, 1.807) is 18.4 Å². The molecule has 1 aromatic heterocycles. The number of benzene rings is 1. The highest BCUT2D eigenvalue weighted by molar-refractivity contribution is 7.86. The molecule has 0 saturated carbocycles. The normalized spacial score (nSPS) is 18.8. The third-order valence-corrected chi connectivity index (χ3v) is 6.78. The molecule has 0 bridgehead atoms. The summed E-state index contributed by atoms with van der Waals surface area (Å²) in [5.74, 6) is 0. The largest absolute Gasteiger partial charge is 0.282 e. The zero-order valence-corrected chi connectivity index (χ0v) is 16.0. The molecule has 1 aromatic carbocycles.